The second-order valence-corrected chi connectivity index (χ2v) is 8.29. The second kappa shape index (κ2) is 9.07. The smallest absolute Gasteiger partial charge is 0.255 e. The lowest BCUT2D eigenvalue weighted by Crippen LogP contribution is -2.31. The number of nitrogens with one attached hydrogen (secondary N) is 2. The van der Waals surface area contributed by atoms with Gasteiger partial charge in [0.2, 0.25) is 10.0 Å². The van der Waals surface area contributed by atoms with Crippen LogP contribution < -0.4 is 19.5 Å². The Bertz CT molecular complexity index is 941. The van der Waals surface area contributed by atoms with Gasteiger partial charge in [-0.25, -0.2) is 13.1 Å². The minimum absolute atomic E-state index is 0.0241. The standard InChI is InChI=1S/C20H26N2O5S/c1-13(2)21-20(23)17-12-15(10-11-19(17)27-5)28(24,25)22-14(3)16-8-6-7-9-18(16)26-4/h6-14,22H,1-5H3,(H,21,23). The molecule has 28 heavy (non-hydrogen) atoms. The summed E-state index contributed by atoms with van der Waals surface area (Å²) in [5, 5.41) is 2.74. The lowest BCUT2D eigenvalue weighted by molar-refractivity contribution is 0.0940. The average molecular weight is 407 g/mol. The van der Waals surface area contributed by atoms with Crippen LogP contribution in [0, 0.1) is 0 Å². The summed E-state index contributed by atoms with van der Waals surface area (Å²) in [6.07, 6.45) is 0. The number of amides is 1. The highest BCUT2D eigenvalue weighted by atomic mass is 32.2. The van der Waals surface area contributed by atoms with Gasteiger partial charge in [0.1, 0.15) is 11.5 Å². The number of methoxy groups -OCH3 is 2. The van der Waals surface area contributed by atoms with E-state index in [-0.39, 0.29) is 16.5 Å². The van der Waals surface area contributed by atoms with Gasteiger partial charge in [-0.3, -0.25) is 4.79 Å². The molecule has 0 radical (unpaired) electrons. The van der Waals surface area contributed by atoms with E-state index in [1.165, 1.54) is 32.4 Å². The van der Waals surface area contributed by atoms with E-state index in [2.05, 4.69) is 10.0 Å². The molecule has 0 fully saturated rings. The molecule has 2 N–H and O–H groups in total. The van der Waals surface area contributed by atoms with Crippen LogP contribution in [0.15, 0.2) is 47.4 Å². The Labute approximate surface area is 166 Å². The first kappa shape index (κ1) is 21.7. The highest BCUT2D eigenvalue weighted by Crippen LogP contribution is 2.27. The van der Waals surface area contributed by atoms with Gasteiger partial charge in [0.05, 0.1) is 24.7 Å². The van der Waals surface area contributed by atoms with E-state index in [0.717, 1.165) is 0 Å². The van der Waals surface area contributed by atoms with Crippen LogP contribution in [-0.4, -0.2) is 34.6 Å². The summed E-state index contributed by atoms with van der Waals surface area (Å²) in [7, 11) is -0.924. The van der Waals surface area contributed by atoms with Gasteiger partial charge in [-0.1, -0.05) is 18.2 Å². The maximum atomic E-state index is 12.9. The van der Waals surface area contributed by atoms with Crippen LogP contribution in [0.4, 0.5) is 0 Å². The Morgan fingerprint density at radius 1 is 0.964 bits per heavy atom. The zero-order valence-corrected chi connectivity index (χ0v) is 17.5. The zero-order chi connectivity index (χ0) is 20.9. The summed E-state index contributed by atoms with van der Waals surface area (Å²) in [5.41, 5.74) is 0.865. The molecule has 152 valence electrons. The van der Waals surface area contributed by atoms with Crippen molar-refractivity contribution in [2.24, 2.45) is 0 Å². The van der Waals surface area contributed by atoms with Crippen molar-refractivity contribution in [2.75, 3.05) is 14.2 Å². The molecule has 0 heterocycles. The van der Waals surface area contributed by atoms with E-state index < -0.39 is 22.0 Å². The first-order valence-electron chi connectivity index (χ1n) is 8.83. The van der Waals surface area contributed by atoms with Crippen LogP contribution in [-0.2, 0) is 10.0 Å². The maximum Gasteiger partial charge on any atom is 0.255 e. The molecular formula is C20H26N2O5S. The average Bonchev–Trinajstić information content (AvgIpc) is 2.66. The first-order valence-corrected chi connectivity index (χ1v) is 10.3. The molecular weight excluding hydrogens is 380 g/mol. The van der Waals surface area contributed by atoms with Gasteiger partial charge in [-0.15, -0.1) is 0 Å². The lowest BCUT2D eigenvalue weighted by Gasteiger charge is -2.18. The molecule has 0 aromatic heterocycles. The highest BCUT2D eigenvalue weighted by Gasteiger charge is 2.23. The predicted molar refractivity (Wildman–Crippen MR) is 107 cm³/mol. The molecule has 0 aliphatic carbocycles. The quantitative estimate of drug-likeness (QED) is 0.703. The summed E-state index contributed by atoms with van der Waals surface area (Å²) >= 11 is 0. The van der Waals surface area contributed by atoms with Crippen molar-refractivity contribution in [3.63, 3.8) is 0 Å². The summed E-state index contributed by atoms with van der Waals surface area (Å²) < 4.78 is 38.9. The van der Waals surface area contributed by atoms with E-state index in [9.17, 15) is 13.2 Å². The number of carbonyl (C=O) groups excluding carboxylic acids is 1. The van der Waals surface area contributed by atoms with Gasteiger partial charge >= 0.3 is 0 Å². The van der Waals surface area contributed by atoms with Crippen molar-refractivity contribution in [3.05, 3.63) is 53.6 Å². The second-order valence-electron chi connectivity index (χ2n) is 6.58. The van der Waals surface area contributed by atoms with E-state index in [0.29, 0.717) is 17.1 Å². The zero-order valence-electron chi connectivity index (χ0n) is 16.6. The Morgan fingerprint density at radius 3 is 2.21 bits per heavy atom. The fourth-order valence-corrected chi connectivity index (χ4v) is 4.01. The fraction of sp³-hybridized carbons (Fsp3) is 0.350. The summed E-state index contributed by atoms with van der Waals surface area (Å²) in [5.74, 6) is 0.487. The number of sulfonamides is 1. The Morgan fingerprint density at radius 2 is 1.61 bits per heavy atom. The van der Waals surface area contributed by atoms with Crippen LogP contribution in [0.25, 0.3) is 0 Å². The van der Waals surface area contributed by atoms with Gasteiger partial charge in [0.15, 0.2) is 0 Å². The van der Waals surface area contributed by atoms with Gasteiger partial charge in [-0.2, -0.15) is 0 Å². The molecule has 0 aliphatic rings. The number of ether oxygens (including phenoxy) is 2. The number of rotatable bonds is 8. The molecule has 1 atom stereocenters. The number of hydrogen-bond donors (Lipinski definition) is 2. The largest absolute Gasteiger partial charge is 0.496 e. The third kappa shape index (κ3) is 5.02. The summed E-state index contributed by atoms with van der Waals surface area (Å²) in [6, 6.07) is 10.7. The molecule has 0 spiro atoms. The van der Waals surface area contributed by atoms with Crippen molar-refractivity contribution in [1.82, 2.24) is 10.0 Å². The fourth-order valence-electron chi connectivity index (χ4n) is 2.76. The number of para-hydroxylation sites is 1. The third-order valence-electron chi connectivity index (χ3n) is 4.08. The van der Waals surface area contributed by atoms with Crippen LogP contribution in [0.2, 0.25) is 0 Å². The van der Waals surface area contributed by atoms with Crippen LogP contribution in [0.3, 0.4) is 0 Å². The van der Waals surface area contributed by atoms with Gasteiger partial charge < -0.3 is 14.8 Å². The molecule has 2 aromatic carbocycles. The molecule has 2 aromatic rings. The summed E-state index contributed by atoms with van der Waals surface area (Å²) in [6.45, 7) is 5.37. The predicted octanol–water partition coefficient (Wildman–Crippen LogP) is 2.88. The van der Waals surface area contributed by atoms with E-state index in [4.69, 9.17) is 9.47 Å². The minimum Gasteiger partial charge on any atom is -0.496 e. The number of hydrogen-bond acceptors (Lipinski definition) is 5. The normalized spacial score (nSPS) is 12.5. The van der Waals surface area contributed by atoms with E-state index >= 15 is 0 Å². The van der Waals surface area contributed by atoms with Crippen molar-refractivity contribution in [1.29, 1.82) is 0 Å². The van der Waals surface area contributed by atoms with E-state index in [1.54, 1.807) is 19.1 Å². The molecule has 1 amide bonds. The molecule has 0 aliphatic heterocycles. The molecule has 1 unspecified atom stereocenters. The third-order valence-corrected chi connectivity index (χ3v) is 5.62. The van der Waals surface area contributed by atoms with Crippen molar-refractivity contribution in [2.45, 2.75) is 37.8 Å². The summed E-state index contributed by atoms with van der Waals surface area (Å²) in [4.78, 5) is 12.4. The van der Waals surface area contributed by atoms with Crippen molar-refractivity contribution < 1.29 is 22.7 Å². The minimum atomic E-state index is -3.88. The van der Waals surface area contributed by atoms with Crippen LogP contribution >= 0.6 is 0 Å². The highest BCUT2D eigenvalue weighted by molar-refractivity contribution is 7.89. The Hall–Kier alpha value is -2.58. The van der Waals surface area contributed by atoms with Crippen molar-refractivity contribution in [3.8, 4) is 11.5 Å². The maximum absolute atomic E-state index is 12.9. The number of benzene rings is 2. The molecule has 0 saturated heterocycles. The van der Waals surface area contributed by atoms with Gasteiger partial charge in [-0.05, 0) is 45.0 Å². The molecule has 7 nitrogen and oxygen atoms in total. The SMILES string of the molecule is COc1ccc(S(=O)(=O)NC(C)c2ccccc2OC)cc1C(=O)NC(C)C. The monoisotopic (exact) mass is 406 g/mol. The number of carbonyl (C=O) groups is 1. The lowest BCUT2D eigenvalue weighted by atomic mass is 10.1. The first-order chi connectivity index (χ1) is 13.2. The Kier molecular flexibility index (Phi) is 7.04. The van der Waals surface area contributed by atoms with Crippen LogP contribution in [0.1, 0.15) is 42.7 Å². The molecule has 2 rings (SSSR count). The van der Waals surface area contributed by atoms with Crippen molar-refractivity contribution >= 4 is 15.9 Å². The van der Waals surface area contributed by atoms with Gasteiger partial charge in [0, 0.05) is 17.6 Å². The topological polar surface area (TPSA) is 93.7 Å². The van der Waals surface area contributed by atoms with Crippen LogP contribution in [0.5, 0.6) is 11.5 Å². The van der Waals surface area contributed by atoms with E-state index in [1.807, 2.05) is 26.0 Å². The molecule has 0 bridgehead atoms. The van der Waals surface area contributed by atoms with Gasteiger partial charge in [0.25, 0.3) is 5.91 Å². The Balaban J connectivity index is 2.36. The molecule has 8 heteroatoms. The molecule has 0 saturated carbocycles.